The summed E-state index contributed by atoms with van der Waals surface area (Å²) in [4.78, 5) is 43.9. The second-order valence-electron chi connectivity index (χ2n) is 20.7. The van der Waals surface area contributed by atoms with Crippen LogP contribution in [0.15, 0.2) is 11.1 Å². The van der Waals surface area contributed by atoms with E-state index in [1.165, 1.54) is 5.57 Å². The van der Waals surface area contributed by atoms with E-state index in [2.05, 4.69) is 58.3 Å². The van der Waals surface area contributed by atoms with Crippen LogP contribution in [-0.2, 0) is 23.9 Å². The number of carbonyl (C=O) groups excluding carboxylic acids is 2. The number of ketones is 1. The van der Waals surface area contributed by atoms with Crippen LogP contribution in [0.25, 0.3) is 0 Å². The number of carboxylic acids is 1. The lowest BCUT2D eigenvalue weighted by Gasteiger charge is -2.72. The molecule has 9 heteroatoms. The Hall–Kier alpha value is -1.81. The molecule has 0 aromatic heterocycles. The number of methoxy groups -OCH3 is 1. The predicted molar refractivity (Wildman–Crippen MR) is 206 cm³/mol. The molecule has 5 aliphatic carbocycles. The van der Waals surface area contributed by atoms with E-state index in [0.29, 0.717) is 24.8 Å². The average molecular weight is 741 g/mol. The molecule has 300 valence electrons. The fraction of sp³-hybridized carbons (Fsp3) is 0.886. The van der Waals surface area contributed by atoms with Gasteiger partial charge in [-0.2, -0.15) is 0 Å². The van der Waals surface area contributed by atoms with Gasteiger partial charge in [0.05, 0.1) is 24.5 Å². The van der Waals surface area contributed by atoms with E-state index in [1.54, 1.807) is 21.0 Å². The lowest BCUT2D eigenvalue weighted by Crippen LogP contribution is -2.66. The molecule has 53 heavy (non-hydrogen) atoms. The van der Waals surface area contributed by atoms with Gasteiger partial charge in [-0.25, -0.2) is 0 Å². The SMILES string of the molecule is COCCN1CCN(CC(O)C23CC[C@]4(C)[C@H](CC[C@@H]5[C@@]6(C)CC[C@H](OC(=O)CC(C)(C)C(=O)O)C(C)(C)[C@@H]6CC[C@]54C)C2=C(C(C)C)C(=O)C3)CC1. The molecule has 2 N–H and O–H groups in total. The highest BCUT2D eigenvalue weighted by Gasteiger charge is 2.71. The Bertz CT molecular complexity index is 1460. The van der Waals surface area contributed by atoms with Crippen molar-refractivity contribution in [2.45, 2.75) is 139 Å². The van der Waals surface area contributed by atoms with E-state index < -0.39 is 28.9 Å². The van der Waals surface area contributed by atoms with Crippen molar-refractivity contribution in [2.24, 2.45) is 56.2 Å². The van der Waals surface area contributed by atoms with Crippen molar-refractivity contribution in [2.75, 3.05) is 53.0 Å². The second-order valence-corrected chi connectivity index (χ2v) is 20.7. The summed E-state index contributed by atoms with van der Waals surface area (Å²) < 4.78 is 11.5. The Kier molecular flexibility index (Phi) is 11.0. The first kappa shape index (κ1) is 40.8. The molecule has 2 unspecified atom stereocenters. The van der Waals surface area contributed by atoms with Crippen molar-refractivity contribution in [1.82, 2.24) is 9.80 Å². The number of esters is 1. The van der Waals surface area contributed by atoms with E-state index in [1.807, 2.05) is 0 Å². The Labute approximate surface area is 320 Å². The van der Waals surface area contributed by atoms with Gasteiger partial charge in [-0.15, -0.1) is 0 Å². The van der Waals surface area contributed by atoms with Gasteiger partial charge in [-0.3, -0.25) is 24.2 Å². The molecule has 6 rings (SSSR count). The molecule has 1 saturated heterocycles. The zero-order valence-electron chi connectivity index (χ0n) is 34.8. The maximum absolute atomic E-state index is 14.1. The van der Waals surface area contributed by atoms with Gasteiger partial charge in [-0.05, 0) is 111 Å². The smallest absolute Gasteiger partial charge is 0.309 e. The summed E-state index contributed by atoms with van der Waals surface area (Å²) in [6, 6.07) is 0. The number of allylic oxidation sites excluding steroid dienone is 1. The zero-order valence-corrected chi connectivity index (χ0v) is 34.8. The van der Waals surface area contributed by atoms with Crippen LogP contribution < -0.4 is 0 Å². The molecule has 0 aromatic rings. The Morgan fingerprint density at radius 1 is 0.887 bits per heavy atom. The summed E-state index contributed by atoms with van der Waals surface area (Å²) in [6.45, 7) is 25.9. The minimum absolute atomic E-state index is 0.00998. The first-order chi connectivity index (χ1) is 24.7. The fourth-order valence-electron chi connectivity index (χ4n) is 13.7. The number of rotatable bonds is 11. The van der Waals surface area contributed by atoms with Crippen molar-refractivity contribution >= 4 is 17.7 Å². The molecule has 0 bridgehead atoms. The minimum Gasteiger partial charge on any atom is -0.481 e. The van der Waals surface area contributed by atoms with E-state index in [-0.39, 0.29) is 51.8 Å². The van der Waals surface area contributed by atoms with Crippen LogP contribution in [0.2, 0.25) is 0 Å². The summed E-state index contributed by atoms with van der Waals surface area (Å²) in [5, 5.41) is 22.0. The van der Waals surface area contributed by atoms with Crippen LogP contribution in [0, 0.1) is 56.2 Å². The summed E-state index contributed by atoms with van der Waals surface area (Å²) in [5.74, 6) is 0.175. The highest BCUT2D eigenvalue weighted by Crippen LogP contribution is 2.77. The van der Waals surface area contributed by atoms with E-state index >= 15 is 0 Å². The number of hydrogen-bond acceptors (Lipinski definition) is 8. The van der Waals surface area contributed by atoms with Crippen LogP contribution in [-0.4, -0.2) is 103 Å². The van der Waals surface area contributed by atoms with Gasteiger partial charge in [-0.1, -0.05) is 54.0 Å². The highest BCUT2D eigenvalue weighted by molar-refractivity contribution is 6.00. The molecule has 4 saturated carbocycles. The highest BCUT2D eigenvalue weighted by atomic mass is 16.5. The molecule has 0 radical (unpaired) electrons. The second kappa shape index (κ2) is 14.3. The molecule has 0 amide bonds. The third-order valence-corrected chi connectivity index (χ3v) is 17.0. The number of Topliss-reactive ketones (excluding diaryl/α,β-unsaturated/α-hetero) is 1. The zero-order chi connectivity index (χ0) is 38.9. The van der Waals surface area contributed by atoms with Gasteiger partial charge in [0, 0.05) is 63.6 Å². The largest absolute Gasteiger partial charge is 0.481 e. The van der Waals surface area contributed by atoms with E-state index in [0.717, 1.165) is 96.3 Å². The number of ether oxygens (including phenoxy) is 2. The Morgan fingerprint density at radius 3 is 2.17 bits per heavy atom. The van der Waals surface area contributed by atoms with Crippen LogP contribution in [0.3, 0.4) is 0 Å². The molecule has 1 aliphatic heterocycles. The number of hydrogen-bond donors (Lipinski definition) is 2. The first-order valence-electron chi connectivity index (χ1n) is 21.0. The molecule has 1 heterocycles. The number of carboxylic acid groups (broad SMARTS) is 1. The van der Waals surface area contributed by atoms with E-state index in [9.17, 15) is 24.6 Å². The predicted octanol–water partition coefficient (Wildman–Crippen LogP) is 7.00. The van der Waals surface area contributed by atoms with Gasteiger partial charge in [0.1, 0.15) is 6.10 Å². The van der Waals surface area contributed by atoms with Gasteiger partial charge in [0.2, 0.25) is 0 Å². The number of piperazine rings is 1. The van der Waals surface area contributed by atoms with Crippen LogP contribution >= 0.6 is 0 Å². The van der Waals surface area contributed by atoms with Crippen LogP contribution in [0.1, 0.15) is 127 Å². The fourth-order valence-corrected chi connectivity index (χ4v) is 13.7. The number of aliphatic hydroxyl groups is 1. The number of nitrogens with zero attached hydrogens (tertiary/aromatic N) is 2. The van der Waals surface area contributed by atoms with Crippen molar-refractivity contribution in [3.63, 3.8) is 0 Å². The number of fused-ring (bicyclic) bond motifs is 7. The molecule has 9 nitrogen and oxygen atoms in total. The summed E-state index contributed by atoms with van der Waals surface area (Å²) in [5.41, 5.74) is 0.657. The third kappa shape index (κ3) is 6.57. The first-order valence-corrected chi connectivity index (χ1v) is 21.0. The molecule has 5 fully saturated rings. The van der Waals surface area contributed by atoms with Gasteiger partial charge in [0.15, 0.2) is 5.78 Å². The summed E-state index contributed by atoms with van der Waals surface area (Å²) in [7, 11) is 1.75. The van der Waals surface area contributed by atoms with Crippen molar-refractivity contribution in [3.8, 4) is 0 Å². The van der Waals surface area contributed by atoms with E-state index in [4.69, 9.17) is 9.47 Å². The standard InChI is InChI=1S/C44H72N2O7/c1-28(2)36-30(47)25-44(33(48)27-46-21-19-45(20-22-46)23-24-52-10)18-17-42(8)29(37(36)44)11-12-32-41(7)15-14-34(53-35(49)26-39(3,4)38(50)51)40(5,6)31(41)13-16-43(32,42)9/h28-29,31-34,48H,11-27H2,1-10H3,(H,50,51)/t29-,31+,32-,33?,34+,41+,42-,43-,44?/m1/s1. The van der Waals surface area contributed by atoms with Gasteiger partial charge < -0.3 is 19.7 Å². The van der Waals surface area contributed by atoms with Crippen LogP contribution in [0.4, 0.5) is 0 Å². The summed E-state index contributed by atoms with van der Waals surface area (Å²) in [6.07, 6.45) is 7.52. The minimum atomic E-state index is -1.16. The average Bonchev–Trinajstić information content (AvgIpc) is 3.39. The normalized spacial score (nSPS) is 39.6. The molecule has 0 aromatic carbocycles. The monoisotopic (exact) mass is 741 g/mol. The number of aliphatic carboxylic acids is 1. The molecular formula is C44H72N2O7. The van der Waals surface area contributed by atoms with Gasteiger partial charge >= 0.3 is 11.9 Å². The van der Waals surface area contributed by atoms with Crippen molar-refractivity contribution < 1.29 is 34.1 Å². The third-order valence-electron chi connectivity index (χ3n) is 17.0. The maximum Gasteiger partial charge on any atom is 0.309 e. The molecule has 0 spiro atoms. The topological polar surface area (TPSA) is 117 Å². The molecular weight excluding hydrogens is 668 g/mol. The van der Waals surface area contributed by atoms with Crippen molar-refractivity contribution in [1.29, 1.82) is 0 Å². The lowest BCUT2D eigenvalue weighted by molar-refractivity contribution is -0.235. The van der Waals surface area contributed by atoms with Crippen molar-refractivity contribution in [3.05, 3.63) is 11.1 Å². The number of carbonyl (C=O) groups is 3. The summed E-state index contributed by atoms with van der Waals surface area (Å²) >= 11 is 0. The van der Waals surface area contributed by atoms with Gasteiger partial charge in [0.25, 0.3) is 0 Å². The Balaban J connectivity index is 1.25. The quantitative estimate of drug-likeness (QED) is 0.216. The maximum atomic E-state index is 14.1. The molecule has 6 aliphatic rings. The number of aliphatic hydroxyl groups excluding tert-OH is 1. The van der Waals surface area contributed by atoms with Crippen LogP contribution in [0.5, 0.6) is 0 Å². The molecule has 9 atom stereocenters. The number of β-amino-alcohol motifs (C(OH)–C–C–N with tert-alkyl or cyclic N) is 1. The lowest BCUT2D eigenvalue weighted by atomic mass is 9.33. The Morgan fingerprint density at radius 2 is 1.55 bits per heavy atom.